The second-order valence-corrected chi connectivity index (χ2v) is 10.4. The molecule has 0 atom stereocenters. The highest BCUT2D eigenvalue weighted by Gasteiger charge is 2.20. The summed E-state index contributed by atoms with van der Waals surface area (Å²) >= 11 is 12.1. The fraction of sp³-hybridized carbons (Fsp3) is 0.0833. The number of nitrogens with zero attached hydrogens (tertiary/aromatic N) is 3. The number of urea groups is 1. The number of carbonyl (C=O) groups excluding carboxylic acids is 1. The molecule has 2 heterocycles. The molecule has 190 valence electrons. The Bertz CT molecular complexity index is 1640. The van der Waals surface area contributed by atoms with Crippen LogP contribution in [0.15, 0.2) is 81.6 Å². The maximum absolute atomic E-state index is 13.1. The van der Waals surface area contributed by atoms with E-state index in [4.69, 9.17) is 23.2 Å². The maximum Gasteiger partial charge on any atom is 0.323 e. The molecule has 0 saturated carbocycles. The van der Waals surface area contributed by atoms with Gasteiger partial charge in [0.15, 0.2) is 0 Å². The summed E-state index contributed by atoms with van der Waals surface area (Å²) in [6.07, 6.45) is 2.60. The first-order valence-corrected chi connectivity index (χ1v) is 13.0. The molecule has 0 radical (unpaired) electrons. The van der Waals surface area contributed by atoms with Gasteiger partial charge in [-0.1, -0.05) is 35.3 Å². The number of phenols is 1. The Morgan fingerprint density at radius 1 is 1.00 bits per heavy atom. The largest absolute Gasteiger partial charge is 0.508 e. The summed E-state index contributed by atoms with van der Waals surface area (Å²) in [6, 6.07) is 11.7. The maximum atomic E-state index is 13.1. The zero-order chi connectivity index (χ0) is 26.7. The third-order valence-electron chi connectivity index (χ3n) is 5.20. The number of halogens is 2. The van der Waals surface area contributed by atoms with Crippen molar-refractivity contribution in [3.8, 4) is 17.0 Å². The molecule has 2 aromatic heterocycles. The molecule has 0 aliphatic carbocycles. The normalized spacial score (nSPS) is 11.2. The summed E-state index contributed by atoms with van der Waals surface area (Å²) in [5, 5.41) is 18.9. The summed E-state index contributed by atoms with van der Waals surface area (Å²) in [6.45, 7) is 1.89. The zero-order valence-electron chi connectivity index (χ0n) is 19.1. The first kappa shape index (κ1) is 26.1. The van der Waals surface area contributed by atoms with Crippen molar-refractivity contribution in [1.82, 2.24) is 14.8 Å². The Morgan fingerprint density at radius 3 is 2.32 bits per heavy atom. The Balaban J connectivity index is 1.69. The molecule has 0 saturated heterocycles. The van der Waals surface area contributed by atoms with E-state index in [1.54, 1.807) is 19.1 Å². The standard InChI is InChI=1S/C24H19Cl2N5O5S/c1-2-31-23(33)21(28-24(34)29-22-18(25)12-27-13-19(22)26)11-20(30-31)14-4-3-5-17(10-14)37(35,36)16-8-6-15(32)7-9-16/h3-13,32H,2H2,1H3,(H2,27,28,29,34). The number of phenolic OH excluding ortho intramolecular Hbond substituents is 1. The molecule has 3 N–H and O–H groups in total. The lowest BCUT2D eigenvalue weighted by Crippen LogP contribution is -2.29. The lowest BCUT2D eigenvalue weighted by atomic mass is 10.1. The number of amides is 2. The van der Waals surface area contributed by atoms with Crippen LogP contribution in [0.4, 0.5) is 16.2 Å². The number of pyridine rings is 1. The van der Waals surface area contributed by atoms with Crippen molar-refractivity contribution >= 4 is 50.4 Å². The summed E-state index contributed by atoms with van der Waals surface area (Å²) < 4.78 is 27.3. The first-order chi connectivity index (χ1) is 17.6. The van der Waals surface area contributed by atoms with Crippen LogP contribution in [0.2, 0.25) is 10.0 Å². The minimum absolute atomic E-state index is 0.00129. The van der Waals surface area contributed by atoms with E-state index in [0.29, 0.717) is 5.56 Å². The van der Waals surface area contributed by atoms with Gasteiger partial charge in [-0.3, -0.25) is 9.78 Å². The van der Waals surface area contributed by atoms with Gasteiger partial charge in [0, 0.05) is 24.5 Å². The van der Waals surface area contributed by atoms with Gasteiger partial charge in [-0.2, -0.15) is 5.10 Å². The van der Waals surface area contributed by atoms with Crippen molar-refractivity contribution in [2.24, 2.45) is 0 Å². The van der Waals surface area contributed by atoms with E-state index in [1.807, 2.05) is 0 Å². The van der Waals surface area contributed by atoms with Crippen molar-refractivity contribution in [2.45, 2.75) is 23.3 Å². The van der Waals surface area contributed by atoms with Crippen LogP contribution in [0.25, 0.3) is 11.3 Å². The minimum Gasteiger partial charge on any atom is -0.508 e. The lowest BCUT2D eigenvalue weighted by Gasteiger charge is -2.13. The number of hydrogen-bond donors (Lipinski definition) is 3. The molecule has 4 rings (SSSR count). The number of rotatable bonds is 6. The molecule has 0 unspecified atom stereocenters. The molecular formula is C24H19Cl2N5O5S. The number of anilines is 2. The first-order valence-electron chi connectivity index (χ1n) is 10.7. The van der Waals surface area contributed by atoms with E-state index in [0.717, 1.165) is 4.68 Å². The molecule has 4 aromatic rings. The van der Waals surface area contributed by atoms with E-state index in [2.05, 4.69) is 20.7 Å². The molecule has 0 spiro atoms. The molecule has 10 nitrogen and oxygen atoms in total. The van der Waals surface area contributed by atoms with Crippen LogP contribution in [-0.2, 0) is 16.4 Å². The van der Waals surface area contributed by atoms with Gasteiger partial charge < -0.3 is 15.7 Å². The number of carbonyl (C=O) groups is 1. The fourth-order valence-electron chi connectivity index (χ4n) is 3.37. The number of aromatic hydroxyl groups is 1. The number of aromatic nitrogens is 3. The van der Waals surface area contributed by atoms with Crippen molar-refractivity contribution in [1.29, 1.82) is 0 Å². The quantitative estimate of drug-likeness (QED) is 0.307. The number of benzene rings is 2. The number of hydrogen-bond acceptors (Lipinski definition) is 7. The van der Waals surface area contributed by atoms with Gasteiger partial charge in [0.1, 0.15) is 11.4 Å². The second-order valence-electron chi connectivity index (χ2n) is 7.65. The minimum atomic E-state index is -3.90. The van der Waals surface area contributed by atoms with E-state index >= 15 is 0 Å². The Labute approximate surface area is 221 Å². The zero-order valence-corrected chi connectivity index (χ0v) is 21.5. The molecule has 37 heavy (non-hydrogen) atoms. The Morgan fingerprint density at radius 2 is 1.68 bits per heavy atom. The Kier molecular flexibility index (Phi) is 7.48. The molecule has 0 bridgehead atoms. The predicted molar refractivity (Wildman–Crippen MR) is 140 cm³/mol. The molecule has 0 aliphatic heterocycles. The van der Waals surface area contributed by atoms with Crippen molar-refractivity contribution in [2.75, 3.05) is 10.6 Å². The molecule has 0 aliphatic rings. The van der Waals surface area contributed by atoms with Crippen molar-refractivity contribution in [3.63, 3.8) is 0 Å². The van der Waals surface area contributed by atoms with Gasteiger partial charge in [-0.25, -0.2) is 17.9 Å². The summed E-state index contributed by atoms with van der Waals surface area (Å²) in [7, 11) is -3.90. The van der Waals surface area contributed by atoms with Crippen LogP contribution >= 0.6 is 23.2 Å². The highest BCUT2D eigenvalue weighted by Crippen LogP contribution is 2.29. The third kappa shape index (κ3) is 5.58. The summed E-state index contributed by atoms with van der Waals surface area (Å²) in [5.74, 6) is -0.0590. The van der Waals surface area contributed by atoms with Crippen molar-refractivity contribution < 1.29 is 18.3 Å². The van der Waals surface area contributed by atoms with Crippen molar-refractivity contribution in [3.05, 3.63) is 87.4 Å². The van der Waals surface area contributed by atoms with Gasteiger partial charge in [0.2, 0.25) is 9.84 Å². The van der Waals surface area contributed by atoms with Crippen LogP contribution in [0.3, 0.4) is 0 Å². The lowest BCUT2D eigenvalue weighted by molar-refractivity contribution is 0.262. The molecular weight excluding hydrogens is 541 g/mol. The highest BCUT2D eigenvalue weighted by atomic mass is 35.5. The topological polar surface area (TPSA) is 143 Å². The SMILES string of the molecule is CCn1nc(-c2cccc(S(=O)(=O)c3ccc(O)cc3)c2)cc(NC(=O)Nc2c(Cl)cncc2Cl)c1=O. The summed E-state index contributed by atoms with van der Waals surface area (Å²) in [5.41, 5.74) is 0.0944. The predicted octanol–water partition coefficient (Wildman–Crippen LogP) is 4.81. The number of sulfone groups is 1. The van der Waals surface area contributed by atoms with E-state index in [1.165, 1.54) is 54.9 Å². The van der Waals surface area contributed by atoms with Gasteiger partial charge in [-0.05, 0) is 49.4 Å². The second kappa shape index (κ2) is 10.6. The average Bonchev–Trinajstić information content (AvgIpc) is 2.88. The molecule has 2 amide bonds. The van der Waals surface area contributed by atoms with Gasteiger partial charge in [0.05, 0.1) is 31.2 Å². The highest BCUT2D eigenvalue weighted by molar-refractivity contribution is 7.91. The van der Waals surface area contributed by atoms with Gasteiger partial charge in [-0.15, -0.1) is 0 Å². The third-order valence-corrected chi connectivity index (χ3v) is 7.54. The van der Waals surface area contributed by atoms with Crippen LogP contribution in [0, 0.1) is 0 Å². The molecule has 13 heteroatoms. The van der Waals surface area contributed by atoms with Crippen LogP contribution in [0.5, 0.6) is 5.75 Å². The van der Waals surface area contributed by atoms with Gasteiger partial charge in [0.25, 0.3) is 5.56 Å². The summed E-state index contributed by atoms with van der Waals surface area (Å²) in [4.78, 5) is 29.3. The van der Waals surface area contributed by atoms with E-state index < -0.39 is 21.4 Å². The van der Waals surface area contributed by atoms with Crippen LogP contribution < -0.4 is 16.2 Å². The number of aryl methyl sites for hydroxylation is 1. The Hall–Kier alpha value is -3.93. The monoisotopic (exact) mass is 559 g/mol. The smallest absolute Gasteiger partial charge is 0.323 e. The average molecular weight is 560 g/mol. The molecule has 2 aromatic carbocycles. The van der Waals surface area contributed by atoms with Gasteiger partial charge >= 0.3 is 6.03 Å². The number of nitrogens with one attached hydrogen (secondary N) is 2. The van der Waals surface area contributed by atoms with E-state index in [-0.39, 0.29) is 49.2 Å². The van der Waals surface area contributed by atoms with Crippen LogP contribution in [0.1, 0.15) is 6.92 Å². The van der Waals surface area contributed by atoms with E-state index in [9.17, 15) is 23.1 Å². The molecule has 0 fully saturated rings. The van der Waals surface area contributed by atoms with Crippen LogP contribution in [-0.4, -0.2) is 34.3 Å². The fourth-order valence-corrected chi connectivity index (χ4v) is 5.13.